The molecule has 154 valence electrons. The average molecular weight is 402 g/mol. The molecule has 0 spiro atoms. The average Bonchev–Trinajstić information content (AvgIpc) is 3.11. The minimum Gasteiger partial charge on any atom is -0.622 e. The Balaban J connectivity index is 1.77. The SMILES string of the molecule is COc1ccc(N2CC(c3ccc(C)cc3)=[N+]([O-])C2c2ccc(N(C)C)cc2)cc1. The highest BCUT2D eigenvalue weighted by Gasteiger charge is 2.39. The predicted molar refractivity (Wildman–Crippen MR) is 123 cm³/mol. The number of hydroxylamine groups is 1. The number of methoxy groups -OCH3 is 1. The van der Waals surface area contributed by atoms with Crippen LogP contribution < -0.4 is 14.5 Å². The van der Waals surface area contributed by atoms with Gasteiger partial charge in [-0.25, -0.2) is 0 Å². The van der Waals surface area contributed by atoms with E-state index in [9.17, 15) is 5.21 Å². The van der Waals surface area contributed by atoms with Crippen molar-refractivity contribution in [1.82, 2.24) is 0 Å². The number of aryl methyl sites for hydroxylation is 1. The molecule has 0 saturated carbocycles. The van der Waals surface area contributed by atoms with E-state index < -0.39 is 6.17 Å². The Morgan fingerprint density at radius 1 is 0.933 bits per heavy atom. The zero-order chi connectivity index (χ0) is 21.3. The molecule has 1 atom stereocenters. The maximum Gasteiger partial charge on any atom is 0.266 e. The second-order valence-corrected chi connectivity index (χ2v) is 7.82. The largest absolute Gasteiger partial charge is 0.622 e. The molecule has 0 bridgehead atoms. The molecule has 3 aromatic rings. The first-order chi connectivity index (χ1) is 14.5. The molecule has 0 amide bonds. The van der Waals surface area contributed by atoms with Crippen molar-refractivity contribution in [2.24, 2.45) is 0 Å². The molecule has 0 fully saturated rings. The number of hydrogen-bond donors (Lipinski definition) is 0. The van der Waals surface area contributed by atoms with E-state index in [0.29, 0.717) is 6.54 Å². The summed E-state index contributed by atoms with van der Waals surface area (Å²) in [5, 5.41) is 13.5. The zero-order valence-electron chi connectivity index (χ0n) is 17.9. The Bertz CT molecular complexity index is 1040. The Hall–Kier alpha value is -3.47. The first-order valence-corrected chi connectivity index (χ1v) is 10.0. The first-order valence-electron chi connectivity index (χ1n) is 10.0. The van der Waals surface area contributed by atoms with Crippen LogP contribution in [0.1, 0.15) is 22.9 Å². The topological polar surface area (TPSA) is 41.8 Å². The van der Waals surface area contributed by atoms with Crippen molar-refractivity contribution < 1.29 is 9.48 Å². The molecule has 0 aliphatic carbocycles. The van der Waals surface area contributed by atoms with Crippen LogP contribution in [0.25, 0.3) is 0 Å². The van der Waals surface area contributed by atoms with Crippen molar-refractivity contribution in [1.29, 1.82) is 0 Å². The summed E-state index contributed by atoms with van der Waals surface area (Å²) in [5.41, 5.74) is 5.97. The molecule has 0 aromatic heterocycles. The highest BCUT2D eigenvalue weighted by Crippen LogP contribution is 2.34. The van der Waals surface area contributed by atoms with Gasteiger partial charge >= 0.3 is 0 Å². The molecule has 3 aromatic carbocycles. The van der Waals surface area contributed by atoms with E-state index in [2.05, 4.69) is 28.9 Å². The van der Waals surface area contributed by atoms with E-state index in [1.54, 1.807) is 7.11 Å². The van der Waals surface area contributed by atoms with Crippen LogP contribution in [0.3, 0.4) is 0 Å². The minimum absolute atomic E-state index is 0.425. The Morgan fingerprint density at radius 2 is 1.57 bits per heavy atom. The molecular formula is C25H27N3O2. The van der Waals surface area contributed by atoms with Crippen molar-refractivity contribution in [3.8, 4) is 5.75 Å². The molecule has 1 unspecified atom stereocenters. The second kappa shape index (κ2) is 8.11. The van der Waals surface area contributed by atoms with Gasteiger partial charge in [-0.3, -0.25) is 4.90 Å². The Kier molecular flexibility index (Phi) is 5.36. The summed E-state index contributed by atoms with van der Waals surface area (Å²) >= 11 is 0. The summed E-state index contributed by atoms with van der Waals surface area (Å²) in [7, 11) is 5.68. The Morgan fingerprint density at radius 3 is 2.13 bits per heavy atom. The fraction of sp³-hybridized carbons (Fsp3) is 0.240. The number of benzene rings is 3. The lowest BCUT2D eigenvalue weighted by atomic mass is 10.1. The van der Waals surface area contributed by atoms with Gasteiger partial charge in [0, 0.05) is 36.6 Å². The number of nitrogens with zero attached hydrogens (tertiary/aromatic N) is 3. The van der Waals surface area contributed by atoms with Crippen LogP contribution in [0.5, 0.6) is 5.75 Å². The van der Waals surface area contributed by atoms with E-state index >= 15 is 0 Å². The quantitative estimate of drug-likeness (QED) is 0.463. The molecule has 5 nitrogen and oxygen atoms in total. The highest BCUT2D eigenvalue weighted by atomic mass is 16.5. The standard InChI is InChI=1S/C25H27N3O2/c1-18-5-7-19(8-6-18)24-17-27(22-13-15-23(30-4)16-14-22)25(28(24)29)20-9-11-21(12-10-20)26(2)3/h5-16,25H,17H2,1-4H3. The van der Waals surface area contributed by atoms with Crippen LogP contribution in [0.4, 0.5) is 11.4 Å². The van der Waals surface area contributed by atoms with Crippen LogP contribution in [-0.2, 0) is 0 Å². The van der Waals surface area contributed by atoms with Gasteiger partial charge in [0.15, 0.2) is 0 Å². The van der Waals surface area contributed by atoms with E-state index in [1.807, 2.05) is 74.8 Å². The second-order valence-electron chi connectivity index (χ2n) is 7.82. The minimum atomic E-state index is -0.425. The third-order valence-electron chi connectivity index (χ3n) is 5.60. The van der Waals surface area contributed by atoms with Crippen LogP contribution in [0.2, 0.25) is 0 Å². The number of anilines is 2. The van der Waals surface area contributed by atoms with Crippen molar-refractivity contribution in [2.45, 2.75) is 13.1 Å². The van der Waals surface area contributed by atoms with Gasteiger partial charge in [-0.15, -0.1) is 0 Å². The van der Waals surface area contributed by atoms with E-state index in [4.69, 9.17) is 4.74 Å². The van der Waals surface area contributed by atoms with Crippen LogP contribution in [0, 0.1) is 12.1 Å². The summed E-state index contributed by atoms with van der Waals surface area (Å²) in [6.07, 6.45) is -0.425. The lowest BCUT2D eigenvalue weighted by molar-refractivity contribution is -0.497. The smallest absolute Gasteiger partial charge is 0.266 e. The van der Waals surface area contributed by atoms with E-state index in [-0.39, 0.29) is 0 Å². The molecule has 0 radical (unpaired) electrons. The van der Waals surface area contributed by atoms with Gasteiger partial charge < -0.3 is 14.8 Å². The monoisotopic (exact) mass is 401 g/mol. The van der Waals surface area contributed by atoms with Gasteiger partial charge in [0.25, 0.3) is 6.17 Å². The normalized spacial score (nSPS) is 16.1. The van der Waals surface area contributed by atoms with Gasteiger partial charge in [0.2, 0.25) is 5.71 Å². The van der Waals surface area contributed by atoms with Crippen LogP contribution in [-0.4, -0.2) is 38.2 Å². The molecule has 1 heterocycles. The fourth-order valence-electron chi connectivity index (χ4n) is 3.82. The number of rotatable bonds is 5. The molecule has 0 N–H and O–H groups in total. The van der Waals surface area contributed by atoms with E-state index in [1.165, 1.54) is 5.56 Å². The lowest BCUT2D eigenvalue weighted by Gasteiger charge is -2.25. The van der Waals surface area contributed by atoms with Crippen molar-refractivity contribution in [3.05, 3.63) is 94.7 Å². The van der Waals surface area contributed by atoms with Gasteiger partial charge in [0.1, 0.15) is 12.3 Å². The molecule has 4 rings (SSSR count). The molecule has 5 heteroatoms. The van der Waals surface area contributed by atoms with Crippen molar-refractivity contribution >= 4 is 17.1 Å². The summed E-state index contributed by atoms with van der Waals surface area (Å²) in [6.45, 7) is 2.59. The first kappa shape index (κ1) is 19.8. The van der Waals surface area contributed by atoms with Crippen LogP contribution in [0.15, 0.2) is 72.8 Å². The predicted octanol–water partition coefficient (Wildman–Crippen LogP) is 4.59. The third-order valence-corrected chi connectivity index (χ3v) is 5.60. The number of ether oxygens (including phenoxy) is 1. The van der Waals surface area contributed by atoms with Gasteiger partial charge in [-0.05, 0) is 67.6 Å². The maximum absolute atomic E-state index is 13.5. The van der Waals surface area contributed by atoms with Gasteiger partial charge in [-0.2, -0.15) is 4.74 Å². The molecule has 1 aliphatic rings. The highest BCUT2D eigenvalue weighted by molar-refractivity contribution is 6.01. The third kappa shape index (κ3) is 3.71. The summed E-state index contributed by atoms with van der Waals surface area (Å²) in [5.74, 6) is 0.798. The van der Waals surface area contributed by atoms with E-state index in [0.717, 1.165) is 38.7 Å². The van der Waals surface area contributed by atoms with Gasteiger partial charge in [0.05, 0.1) is 7.11 Å². The van der Waals surface area contributed by atoms with Crippen LogP contribution >= 0.6 is 0 Å². The van der Waals surface area contributed by atoms with Crippen molar-refractivity contribution in [3.63, 3.8) is 0 Å². The summed E-state index contributed by atoms with van der Waals surface area (Å²) < 4.78 is 6.45. The fourth-order valence-corrected chi connectivity index (χ4v) is 3.82. The molecule has 30 heavy (non-hydrogen) atoms. The molecular weight excluding hydrogens is 374 g/mol. The van der Waals surface area contributed by atoms with Crippen molar-refractivity contribution in [2.75, 3.05) is 37.5 Å². The summed E-state index contributed by atoms with van der Waals surface area (Å²) in [4.78, 5) is 4.20. The molecule has 0 saturated heterocycles. The van der Waals surface area contributed by atoms with Gasteiger partial charge in [-0.1, -0.05) is 17.7 Å². The Labute approximate surface area is 178 Å². The number of hydrogen-bond acceptors (Lipinski definition) is 4. The molecule has 1 aliphatic heterocycles. The maximum atomic E-state index is 13.5. The lowest BCUT2D eigenvalue weighted by Crippen LogP contribution is -2.28. The zero-order valence-corrected chi connectivity index (χ0v) is 17.9. The summed E-state index contributed by atoms with van der Waals surface area (Å²) in [6, 6.07) is 24.2.